The molecule has 0 atom stereocenters. The van der Waals surface area contributed by atoms with Crippen molar-refractivity contribution in [3.8, 4) is 11.3 Å². The highest BCUT2D eigenvalue weighted by atomic mass is 35.5. The van der Waals surface area contributed by atoms with E-state index in [0.717, 1.165) is 18.4 Å². The molecule has 0 saturated heterocycles. The van der Waals surface area contributed by atoms with Crippen molar-refractivity contribution in [3.05, 3.63) is 41.4 Å². The maximum absolute atomic E-state index is 12.2. The van der Waals surface area contributed by atoms with Gasteiger partial charge in [-0.2, -0.15) is 0 Å². The molecule has 24 heavy (non-hydrogen) atoms. The number of benzene rings is 1. The maximum Gasteiger partial charge on any atom is 0.323 e. The highest BCUT2D eigenvalue weighted by Gasteiger charge is 2.33. The Hall–Kier alpha value is -2.34. The summed E-state index contributed by atoms with van der Waals surface area (Å²) >= 11 is 6.12. The lowest BCUT2D eigenvalue weighted by atomic mass is 10.2. The van der Waals surface area contributed by atoms with Crippen molar-refractivity contribution in [2.45, 2.75) is 31.7 Å². The van der Waals surface area contributed by atoms with Gasteiger partial charge in [0, 0.05) is 24.4 Å². The molecule has 1 heterocycles. The third-order valence-electron chi connectivity index (χ3n) is 3.86. The lowest BCUT2D eigenvalue weighted by Crippen LogP contribution is -2.37. The average molecular weight is 349 g/mol. The van der Waals surface area contributed by atoms with Crippen LogP contribution in [-0.2, 0) is 16.0 Å². The van der Waals surface area contributed by atoms with Gasteiger partial charge in [-0.3, -0.25) is 9.59 Å². The molecular weight excluding hydrogens is 332 g/mol. The maximum atomic E-state index is 12.2. The molecule has 1 aromatic heterocycles. The number of aromatic nitrogens is 1. The van der Waals surface area contributed by atoms with E-state index < -0.39 is 5.97 Å². The monoisotopic (exact) mass is 348 g/mol. The predicted octanol–water partition coefficient (Wildman–Crippen LogP) is 3.00. The van der Waals surface area contributed by atoms with E-state index in [1.54, 1.807) is 12.3 Å². The molecule has 6 nitrogen and oxygen atoms in total. The first kappa shape index (κ1) is 16.5. The molecule has 1 aliphatic rings. The highest BCUT2D eigenvalue weighted by molar-refractivity contribution is 6.33. The summed E-state index contributed by atoms with van der Waals surface area (Å²) in [4.78, 5) is 28.7. The molecule has 0 aliphatic heterocycles. The van der Waals surface area contributed by atoms with E-state index in [0.29, 0.717) is 23.1 Å². The van der Waals surface area contributed by atoms with Gasteiger partial charge < -0.3 is 14.4 Å². The van der Waals surface area contributed by atoms with Crippen molar-refractivity contribution in [3.63, 3.8) is 0 Å². The van der Waals surface area contributed by atoms with Gasteiger partial charge in [-0.15, -0.1) is 0 Å². The normalized spacial score (nSPS) is 13.7. The van der Waals surface area contributed by atoms with Crippen LogP contribution in [0.25, 0.3) is 11.3 Å². The van der Waals surface area contributed by atoms with Crippen molar-refractivity contribution >= 4 is 23.5 Å². The van der Waals surface area contributed by atoms with Crippen molar-refractivity contribution in [1.29, 1.82) is 0 Å². The van der Waals surface area contributed by atoms with Gasteiger partial charge in [0.2, 0.25) is 5.91 Å². The molecule has 0 bridgehead atoms. The second-order valence-corrected chi connectivity index (χ2v) is 6.15. The number of halogens is 1. The van der Waals surface area contributed by atoms with Crippen LogP contribution in [0.15, 0.2) is 34.9 Å². The Morgan fingerprint density at radius 3 is 2.75 bits per heavy atom. The Morgan fingerprint density at radius 1 is 1.33 bits per heavy atom. The Morgan fingerprint density at radius 2 is 2.08 bits per heavy atom. The van der Waals surface area contributed by atoms with Crippen LogP contribution < -0.4 is 0 Å². The molecule has 1 aromatic carbocycles. The van der Waals surface area contributed by atoms with Crippen LogP contribution in [0.3, 0.4) is 0 Å². The van der Waals surface area contributed by atoms with Crippen LogP contribution in [0.1, 0.15) is 25.2 Å². The van der Waals surface area contributed by atoms with Crippen LogP contribution in [0.4, 0.5) is 0 Å². The summed E-state index contributed by atoms with van der Waals surface area (Å²) in [7, 11) is 0. The number of carbonyl (C=O) groups is 2. The standard InChI is InChI=1S/C17H17ClN2O4/c18-13-4-2-1-3-12(13)14-9-19-15(24-14)7-8-16(21)20(10-17(22)23)11-5-6-11/h1-4,9,11H,5-8,10H2,(H,22,23). The fourth-order valence-corrected chi connectivity index (χ4v) is 2.75. The number of amides is 1. The minimum atomic E-state index is -0.993. The van der Waals surface area contributed by atoms with E-state index >= 15 is 0 Å². The first-order valence-corrected chi connectivity index (χ1v) is 8.13. The number of rotatable bonds is 7. The van der Waals surface area contributed by atoms with Crippen LogP contribution in [0.2, 0.25) is 5.02 Å². The summed E-state index contributed by atoms with van der Waals surface area (Å²) in [5.74, 6) is -0.193. The molecule has 3 rings (SSSR count). The fourth-order valence-electron chi connectivity index (χ4n) is 2.52. The van der Waals surface area contributed by atoms with Crippen LogP contribution in [0.5, 0.6) is 0 Å². The molecule has 0 radical (unpaired) electrons. The topological polar surface area (TPSA) is 83.6 Å². The van der Waals surface area contributed by atoms with E-state index in [-0.39, 0.29) is 24.9 Å². The zero-order valence-electron chi connectivity index (χ0n) is 12.9. The molecule has 1 fully saturated rings. The lowest BCUT2D eigenvalue weighted by molar-refractivity contribution is -0.144. The Bertz CT molecular complexity index is 755. The lowest BCUT2D eigenvalue weighted by Gasteiger charge is -2.19. The first-order valence-electron chi connectivity index (χ1n) is 7.75. The number of aryl methyl sites for hydroxylation is 1. The molecule has 0 unspecified atom stereocenters. The first-order chi connectivity index (χ1) is 11.5. The molecule has 1 amide bonds. The number of oxazole rings is 1. The van der Waals surface area contributed by atoms with E-state index in [4.69, 9.17) is 21.1 Å². The summed E-state index contributed by atoms with van der Waals surface area (Å²) in [5, 5.41) is 9.48. The summed E-state index contributed by atoms with van der Waals surface area (Å²) in [5.41, 5.74) is 0.745. The SMILES string of the molecule is O=C(O)CN(C(=O)CCc1ncc(-c2ccccc2Cl)o1)C1CC1. The van der Waals surface area contributed by atoms with Crippen molar-refractivity contribution in [2.24, 2.45) is 0 Å². The Balaban J connectivity index is 1.62. The summed E-state index contributed by atoms with van der Waals surface area (Å²) in [6.45, 7) is -0.250. The molecule has 1 aliphatic carbocycles. The average Bonchev–Trinajstić information content (AvgIpc) is 3.29. The summed E-state index contributed by atoms with van der Waals surface area (Å²) < 4.78 is 5.66. The molecule has 126 valence electrons. The molecule has 0 spiro atoms. The van der Waals surface area contributed by atoms with E-state index in [2.05, 4.69) is 4.98 Å². The number of carboxylic acids is 1. The van der Waals surface area contributed by atoms with Gasteiger partial charge in [0.1, 0.15) is 6.54 Å². The zero-order valence-corrected chi connectivity index (χ0v) is 13.7. The molecule has 1 saturated carbocycles. The number of aliphatic carboxylic acids is 1. The third kappa shape index (κ3) is 3.94. The smallest absolute Gasteiger partial charge is 0.323 e. The van der Waals surface area contributed by atoms with Gasteiger partial charge >= 0.3 is 5.97 Å². The number of hydrogen-bond donors (Lipinski definition) is 1. The van der Waals surface area contributed by atoms with E-state index in [1.165, 1.54) is 4.90 Å². The third-order valence-corrected chi connectivity index (χ3v) is 4.19. The molecular formula is C17H17ClN2O4. The molecule has 2 aromatic rings. The minimum absolute atomic E-state index is 0.0665. The second-order valence-electron chi connectivity index (χ2n) is 5.74. The van der Waals surface area contributed by atoms with Gasteiger partial charge in [-0.25, -0.2) is 4.98 Å². The van der Waals surface area contributed by atoms with Crippen molar-refractivity contribution in [2.75, 3.05) is 6.54 Å². The van der Waals surface area contributed by atoms with Gasteiger partial charge in [-0.1, -0.05) is 23.7 Å². The largest absolute Gasteiger partial charge is 0.480 e. The number of nitrogens with zero attached hydrogens (tertiary/aromatic N) is 2. The zero-order chi connectivity index (χ0) is 17.1. The Kier molecular flexibility index (Phi) is 4.85. The number of carboxylic acid groups (broad SMARTS) is 1. The van der Waals surface area contributed by atoms with Gasteiger partial charge in [0.25, 0.3) is 0 Å². The van der Waals surface area contributed by atoms with Crippen LogP contribution in [-0.4, -0.2) is 39.5 Å². The highest BCUT2D eigenvalue weighted by Crippen LogP contribution is 2.29. The second kappa shape index (κ2) is 7.05. The van der Waals surface area contributed by atoms with Crippen molar-refractivity contribution < 1.29 is 19.1 Å². The van der Waals surface area contributed by atoms with Crippen LogP contribution >= 0.6 is 11.6 Å². The molecule has 7 heteroatoms. The number of carbonyl (C=O) groups excluding carboxylic acids is 1. The van der Waals surface area contributed by atoms with Crippen molar-refractivity contribution in [1.82, 2.24) is 9.88 Å². The van der Waals surface area contributed by atoms with Crippen LogP contribution in [0, 0.1) is 0 Å². The number of hydrogen-bond acceptors (Lipinski definition) is 4. The van der Waals surface area contributed by atoms with Gasteiger partial charge in [-0.05, 0) is 25.0 Å². The van der Waals surface area contributed by atoms with E-state index in [1.807, 2.05) is 18.2 Å². The molecule has 1 N–H and O–H groups in total. The Labute approximate surface area is 144 Å². The van der Waals surface area contributed by atoms with Gasteiger partial charge in [0.05, 0.1) is 11.2 Å². The predicted molar refractivity (Wildman–Crippen MR) is 87.6 cm³/mol. The minimum Gasteiger partial charge on any atom is -0.480 e. The summed E-state index contributed by atoms with van der Waals surface area (Å²) in [6, 6.07) is 7.35. The van der Waals surface area contributed by atoms with Gasteiger partial charge in [0.15, 0.2) is 11.7 Å². The summed E-state index contributed by atoms with van der Waals surface area (Å²) in [6.07, 6.45) is 3.82. The fraction of sp³-hybridized carbons (Fsp3) is 0.353. The quantitative estimate of drug-likeness (QED) is 0.831. The van der Waals surface area contributed by atoms with E-state index in [9.17, 15) is 9.59 Å².